The first kappa shape index (κ1) is 14.9. The zero-order valence-corrected chi connectivity index (χ0v) is 10.2. The van der Waals surface area contributed by atoms with Crippen LogP contribution >= 0.6 is 0 Å². The van der Waals surface area contributed by atoms with Gasteiger partial charge in [0.15, 0.2) is 12.6 Å². The highest BCUT2D eigenvalue weighted by atomic mass is 19.1. The Kier molecular flexibility index (Phi) is 5.25. The predicted molar refractivity (Wildman–Crippen MR) is 63.1 cm³/mol. The molecule has 0 saturated carbocycles. The molecule has 1 amide bonds. The summed E-state index contributed by atoms with van der Waals surface area (Å²) < 4.78 is 17.8. The molecular weight excluding hydrogens is 257 g/mol. The lowest BCUT2D eigenvalue weighted by Gasteiger charge is -2.17. The molecule has 1 aromatic rings. The Balaban J connectivity index is 2.49. The predicted octanol–water partition coefficient (Wildman–Crippen LogP) is 0.155. The molecular formula is C12H14FNO5. The SMILES string of the molecule is C[C@@H](O)[C@H](NC(=O)COc1cccc(F)c1)C(=O)O. The maximum atomic E-state index is 12.8. The van der Waals surface area contributed by atoms with Gasteiger partial charge < -0.3 is 20.3 Å². The van der Waals surface area contributed by atoms with Crippen molar-refractivity contribution >= 4 is 11.9 Å². The number of halogens is 1. The second kappa shape index (κ2) is 6.69. The van der Waals surface area contributed by atoms with Gasteiger partial charge in [-0.15, -0.1) is 0 Å². The summed E-state index contributed by atoms with van der Waals surface area (Å²) in [4.78, 5) is 22.1. The van der Waals surface area contributed by atoms with Gasteiger partial charge in [0, 0.05) is 6.07 Å². The van der Waals surface area contributed by atoms with Crippen molar-refractivity contribution in [2.45, 2.75) is 19.1 Å². The molecule has 2 atom stereocenters. The van der Waals surface area contributed by atoms with Crippen molar-refractivity contribution in [1.29, 1.82) is 0 Å². The molecule has 0 spiro atoms. The average Bonchev–Trinajstić information content (AvgIpc) is 2.32. The van der Waals surface area contributed by atoms with E-state index in [9.17, 15) is 14.0 Å². The fraction of sp³-hybridized carbons (Fsp3) is 0.333. The van der Waals surface area contributed by atoms with Crippen LogP contribution in [0.1, 0.15) is 6.92 Å². The lowest BCUT2D eigenvalue weighted by atomic mass is 10.2. The Bertz CT molecular complexity index is 463. The molecule has 0 aromatic heterocycles. The first-order chi connectivity index (χ1) is 8.90. The summed E-state index contributed by atoms with van der Waals surface area (Å²) in [7, 11) is 0. The molecule has 7 heteroatoms. The van der Waals surface area contributed by atoms with E-state index in [1.54, 1.807) is 0 Å². The number of carboxylic acid groups (broad SMARTS) is 1. The highest BCUT2D eigenvalue weighted by molar-refractivity contribution is 5.84. The van der Waals surface area contributed by atoms with Gasteiger partial charge in [-0.2, -0.15) is 0 Å². The molecule has 0 aliphatic heterocycles. The first-order valence-corrected chi connectivity index (χ1v) is 5.48. The number of amides is 1. The van der Waals surface area contributed by atoms with Crippen molar-refractivity contribution in [1.82, 2.24) is 5.32 Å². The van der Waals surface area contributed by atoms with Gasteiger partial charge in [-0.3, -0.25) is 4.79 Å². The minimum absolute atomic E-state index is 0.152. The molecule has 104 valence electrons. The molecule has 19 heavy (non-hydrogen) atoms. The number of hydrogen-bond donors (Lipinski definition) is 3. The maximum Gasteiger partial charge on any atom is 0.328 e. The van der Waals surface area contributed by atoms with Gasteiger partial charge in [0.2, 0.25) is 0 Å². The van der Waals surface area contributed by atoms with Crippen molar-refractivity contribution in [2.75, 3.05) is 6.61 Å². The van der Waals surface area contributed by atoms with Gasteiger partial charge in [0.25, 0.3) is 5.91 Å². The number of carbonyl (C=O) groups excluding carboxylic acids is 1. The lowest BCUT2D eigenvalue weighted by molar-refractivity contribution is -0.145. The summed E-state index contributed by atoms with van der Waals surface area (Å²) in [6.45, 7) is 0.770. The summed E-state index contributed by atoms with van der Waals surface area (Å²) in [6, 6.07) is 3.78. The fourth-order valence-corrected chi connectivity index (χ4v) is 1.31. The van der Waals surface area contributed by atoms with Crippen molar-refractivity contribution in [3.05, 3.63) is 30.1 Å². The van der Waals surface area contributed by atoms with E-state index in [0.717, 1.165) is 6.07 Å². The summed E-state index contributed by atoms with van der Waals surface area (Å²) in [5.74, 6) is -2.43. The van der Waals surface area contributed by atoms with E-state index in [2.05, 4.69) is 5.32 Å². The average molecular weight is 271 g/mol. The Labute approximate surface area is 108 Å². The van der Waals surface area contributed by atoms with Crippen LogP contribution in [-0.2, 0) is 9.59 Å². The van der Waals surface area contributed by atoms with Crippen LogP contribution in [0.5, 0.6) is 5.75 Å². The molecule has 0 heterocycles. The molecule has 1 aromatic carbocycles. The Morgan fingerprint density at radius 2 is 2.16 bits per heavy atom. The molecule has 1 rings (SSSR count). The molecule has 6 nitrogen and oxygen atoms in total. The Morgan fingerprint density at radius 3 is 2.68 bits per heavy atom. The van der Waals surface area contributed by atoms with Gasteiger partial charge in [-0.05, 0) is 19.1 Å². The van der Waals surface area contributed by atoms with Crippen LogP contribution < -0.4 is 10.1 Å². The number of aliphatic hydroxyl groups is 1. The molecule has 0 radical (unpaired) electrons. The van der Waals surface area contributed by atoms with Crippen LogP contribution in [0.25, 0.3) is 0 Å². The molecule has 0 bridgehead atoms. The summed E-state index contributed by atoms with van der Waals surface area (Å²) >= 11 is 0. The van der Waals surface area contributed by atoms with Gasteiger partial charge >= 0.3 is 5.97 Å². The number of nitrogens with one attached hydrogen (secondary N) is 1. The van der Waals surface area contributed by atoms with Gasteiger partial charge in [-0.1, -0.05) is 6.07 Å². The van der Waals surface area contributed by atoms with E-state index < -0.39 is 36.4 Å². The monoisotopic (exact) mass is 271 g/mol. The minimum Gasteiger partial charge on any atom is -0.484 e. The van der Waals surface area contributed by atoms with Crippen LogP contribution in [0.3, 0.4) is 0 Å². The van der Waals surface area contributed by atoms with E-state index in [4.69, 9.17) is 14.9 Å². The Hall–Kier alpha value is -2.15. The van der Waals surface area contributed by atoms with E-state index in [1.165, 1.54) is 25.1 Å². The highest BCUT2D eigenvalue weighted by Crippen LogP contribution is 2.11. The van der Waals surface area contributed by atoms with Crippen molar-refractivity contribution < 1.29 is 28.9 Å². The number of aliphatic hydroxyl groups excluding tert-OH is 1. The zero-order chi connectivity index (χ0) is 14.4. The first-order valence-electron chi connectivity index (χ1n) is 5.48. The molecule has 0 aliphatic rings. The highest BCUT2D eigenvalue weighted by Gasteiger charge is 2.24. The topological polar surface area (TPSA) is 95.9 Å². The third kappa shape index (κ3) is 4.92. The van der Waals surface area contributed by atoms with Gasteiger partial charge in [-0.25, -0.2) is 9.18 Å². The number of carbonyl (C=O) groups is 2. The maximum absolute atomic E-state index is 12.8. The van der Waals surface area contributed by atoms with Gasteiger partial charge in [0.05, 0.1) is 6.10 Å². The third-order valence-electron chi connectivity index (χ3n) is 2.23. The molecule has 3 N–H and O–H groups in total. The van der Waals surface area contributed by atoms with Gasteiger partial charge in [0.1, 0.15) is 11.6 Å². The number of carboxylic acids is 1. The van der Waals surface area contributed by atoms with Crippen LogP contribution in [-0.4, -0.2) is 40.8 Å². The van der Waals surface area contributed by atoms with Crippen LogP contribution in [0, 0.1) is 5.82 Å². The number of hydrogen-bond acceptors (Lipinski definition) is 4. The van der Waals surface area contributed by atoms with Crippen molar-refractivity contribution in [3.8, 4) is 5.75 Å². The van der Waals surface area contributed by atoms with Crippen molar-refractivity contribution in [3.63, 3.8) is 0 Å². The largest absolute Gasteiger partial charge is 0.484 e. The third-order valence-corrected chi connectivity index (χ3v) is 2.23. The summed E-state index contributed by atoms with van der Waals surface area (Å²) in [5.41, 5.74) is 0. The molecule has 0 saturated heterocycles. The van der Waals surface area contributed by atoms with E-state index in [1.807, 2.05) is 0 Å². The number of ether oxygens (including phenoxy) is 1. The zero-order valence-electron chi connectivity index (χ0n) is 10.2. The second-order valence-corrected chi connectivity index (χ2v) is 3.87. The van der Waals surface area contributed by atoms with Crippen molar-refractivity contribution in [2.24, 2.45) is 0 Å². The Morgan fingerprint density at radius 1 is 1.47 bits per heavy atom. The summed E-state index contributed by atoms with van der Waals surface area (Å²) in [5, 5.41) is 20.0. The fourth-order valence-electron chi connectivity index (χ4n) is 1.31. The van der Waals surface area contributed by atoms with E-state index >= 15 is 0 Å². The van der Waals surface area contributed by atoms with Crippen LogP contribution in [0.2, 0.25) is 0 Å². The number of aliphatic carboxylic acids is 1. The van der Waals surface area contributed by atoms with E-state index in [0.29, 0.717) is 0 Å². The normalized spacial score (nSPS) is 13.4. The standard InChI is InChI=1S/C12H14FNO5/c1-7(15)11(12(17)18)14-10(16)6-19-9-4-2-3-8(13)5-9/h2-5,7,11,15H,6H2,1H3,(H,14,16)(H,17,18)/t7-,11+/m1/s1. The summed E-state index contributed by atoms with van der Waals surface area (Å²) in [6.07, 6.45) is -1.24. The molecule has 0 aliphatic carbocycles. The quantitative estimate of drug-likeness (QED) is 0.684. The number of rotatable bonds is 6. The second-order valence-electron chi connectivity index (χ2n) is 3.87. The molecule has 0 unspecified atom stereocenters. The number of benzene rings is 1. The smallest absolute Gasteiger partial charge is 0.328 e. The lowest BCUT2D eigenvalue weighted by Crippen LogP contribution is -2.49. The van der Waals surface area contributed by atoms with Crippen LogP contribution in [0.4, 0.5) is 4.39 Å². The van der Waals surface area contributed by atoms with E-state index in [-0.39, 0.29) is 5.75 Å². The minimum atomic E-state index is -1.41. The molecule has 0 fully saturated rings. The van der Waals surface area contributed by atoms with Crippen LogP contribution in [0.15, 0.2) is 24.3 Å².